The summed E-state index contributed by atoms with van der Waals surface area (Å²) in [6.45, 7) is 1.18. The molecule has 0 aliphatic heterocycles. The van der Waals surface area contributed by atoms with Crippen LogP contribution in [0.2, 0.25) is 0 Å². The summed E-state index contributed by atoms with van der Waals surface area (Å²) in [5, 5.41) is 12.0. The molecular weight excluding hydrogens is 453 g/mol. The van der Waals surface area contributed by atoms with E-state index in [1.807, 2.05) is 18.2 Å². The molecule has 4 aromatic rings. The van der Waals surface area contributed by atoms with Crippen molar-refractivity contribution in [3.05, 3.63) is 88.5 Å². The van der Waals surface area contributed by atoms with Crippen molar-refractivity contribution in [2.24, 2.45) is 0 Å². The predicted molar refractivity (Wildman–Crippen MR) is 132 cm³/mol. The summed E-state index contributed by atoms with van der Waals surface area (Å²) in [6.07, 6.45) is 7.72. The number of oxazole rings is 1. The van der Waals surface area contributed by atoms with Gasteiger partial charge in [0.25, 0.3) is 5.56 Å². The Labute approximate surface area is 200 Å². The first kappa shape index (κ1) is 23.7. The number of hydrogen-bond acceptors (Lipinski definition) is 6. The van der Waals surface area contributed by atoms with Gasteiger partial charge in [-0.05, 0) is 54.7 Å². The zero-order chi connectivity index (χ0) is 23.8. The second kappa shape index (κ2) is 11.6. The van der Waals surface area contributed by atoms with Crippen molar-refractivity contribution >= 4 is 28.7 Å². The minimum absolute atomic E-state index is 0.223. The van der Waals surface area contributed by atoms with Crippen LogP contribution in [-0.2, 0) is 18.7 Å². The Kier molecular flexibility index (Phi) is 8.08. The third-order valence-corrected chi connectivity index (χ3v) is 6.54. The molecule has 9 heteroatoms. The number of rotatable bonds is 11. The fourth-order valence-electron chi connectivity index (χ4n) is 3.60. The zero-order valence-electron chi connectivity index (χ0n) is 18.7. The molecule has 0 aliphatic carbocycles. The van der Waals surface area contributed by atoms with Crippen molar-refractivity contribution in [1.82, 2.24) is 19.9 Å². The van der Waals surface area contributed by atoms with Gasteiger partial charge in [-0.25, -0.2) is 9.37 Å². The molecule has 0 amide bonds. The van der Waals surface area contributed by atoms with Gasteiger partial charge in [0.2, 0.25) is 5.58 Å². The number of benzene rings is 1. The van der Waals surface area contributed by atoms with Crippen LogP contribution in [0.4, 0.5) is 4.39 Å². The first-order chi connectivity index (χ1) is 16.6. The summed E-state index contributed by atoms with van der Waals surface area (Å²) in [5.74, 6) is 0.629. The summed E-state index contributed by atoms with van der Waals surface area (Å²) < 4.78 is 21.0. The summed E-state index contributed by atoms with van der Waals surface area (Å²) in [4.78, 5) is 21.1. The van der Waals surface area contributed by atoms with E-state index in [1.165, 1.54) is 29.8 Å². The fourth-order valence-corrected chi connectivity index (χ4v) is 4.66. The summed E-state index contributed by atoms with van der Waals surface area (Å²) in [6, 6.07) is 12.4. The first-order valence-corrected chi connectivity index (χ1v) is 12.1. The van der Waals surface area contributed by atoms with Crippen LogP contribution in [0.3, 0.4) is 0 Å². The van der Waals surface area contributed by atoms with Crippen LogP contribution < -0.4 is 10.9 Å². The van der Waals surface area contributed by atoms with Gasteiger partial charge >= 0.3 is 0 Å². The summed E-state index contributed by atoms with van der Waals surface area (Å²) >= 11 is 1.40. The second-order valence-electron chi connectivity index (χ2n) is 7.85. The van der Waals surface area contributed by atoms with Gasteiger partial charge in [-0.3, -0.25) is 19.8 Å². The lowest BCUT2D eigenvalue weighted by atomic mass is 10.2. The molecule has 0 radical (unpaired) electrons. The zero-order valence-corrected chi connectivity index (χ0v) is 19.5. The van der Waals surface area contributed by atoms with Gasteiger partial charge in [-0.2, -0.15) is 0 Å². The number of thioether (sulfide) groups is 1. The maximum atomic E-state index is 14.0. The monoisotopic (exact) mass is 479 g/mol. The molecule has 2 N–H and O–H groups in total. The SMILES string of the molecule is N=C(CCCCn1c(SCc2ccccc2F)cc2ncoc2c1=O)NCCc1ccncc1. The van der Waals surface area contributed by atoms with Crippen LogP contribution in [0.25, 0.3) is 11.1 Å². The van der Waals surface area contributed by atoms with Crippen LogP contribution in [0, 0.1) is 11.2 Å². The number of nitrogens with zero attached hydrogens (tertiary/aromatic N) is 3. The van der Waals surface area contributed by atoms with Gasteiger partial charge in [-0.1, -0.05) is 18.2 Å². The van der Waals surface area contributed by atoms with E-state index in [-0.39, 0.29) is 17.0 Å². The molecule has 0 bridgehead atoms. The molecule has 0 unspecified atom stereocenters. The number of fused-ring (bicyclic) bond motifs is 1. The number of pyridine rings is 2. The molecule has 3 aromatic heterocycles. The van der Waals surface area contributed by atoms with Crippen molar-refractivity contribution in [2.75, 3.05) is 6.54 Å². The van der Waals surface area contributed by atoms with E-state index in [4.69, 9.17) is 9.83 Å². The minimum atomic E-state index is -0.263. The molecule has 1 aromatic carbocycles. The van der Waals surface area contributed by atoms with Crippen molar-refractivity contribution < 1.29 is 8.81 Å². The molecule has 0 saturated heterocycles. The predicted octanol–water partition coefficient (Wildman–Crippen LogP) is 4.80. The molecule has 0 spiro atoms. The minimum Gasteiger partial charge on any atom is -0.438 e. The van der Waals surface area contributed by atoms with E-state index in [0.717, 1.165) is 24.3 Å². The van der Waals surface area contributed by atoms with Gasteiger partial charge in [0.15, 0.2) is 6.39 Å². The van der Waals surface area contributed by atoms with E-state index in [0.29, 0.717) is 42.2 Å². The number of aromatic nitrogens is 3. The lowest BCUT2D eigenvalue weighted by Gasteiger charge is -2.13. The number of unbranched alkanes of at least 4 members (excludes halogenated alkanes) is 1. The van der Waals surface area contributed by atoms with Gasteiger partial charge in [0.1, 0.15) is 11.3 Å². The third kappa shape index (κ3) is 6.11. The van der Waals surface area contributed by atoms with Crippen molar-refractivity contribution in [3.63, 3.8) is 0 Å². The molecule has 34 heavy (non-hydrogen) atoms. The number of halogens is 1. The molecule has 4 rings (SSSR count). The lowest BCUT2D eigenvalue weighted by molar-refractivity contribution is 0.546. The highest BCUT2D eigenvalue weighted by Gasteiger charge is 2.14. The quantitative estimate of drug-likeness (QED) is 0.139. The molecule has 0 atom stereocenters. The van der Waals surface area contributed by atoms with Gasteiger partial charge < -0.3 is 9.73 Å². The maximum absolute atomic E-state index is 14.0. The Bertz CT molecular complexity index is 1310. The Hall–Kier alpha value is -3.46. The number of nitrogens with one attached hydrogen (secondary N) is 2. The summed E-state index contributed by atoms with van der Waals surface area (Å²) in [5.41, 5.74) is 2.24. The van der Waals surface area contributed by atoms with Crippen LogP contribution in [0.1, 0.15) is 30.4 Å². The maximum Gasteiger partial charge on any atom is 0.296 e. The molecule has 176 valence electrons. The molecule has 0 saturated carbocycles. The van der Waals surface area contributed by atoms with Crippen LogP contribution in [0.15, 0.2) is 75.5 Å². The van der Waals surface area contributed by atoms with E-state index in [2.05, 4.69) is 15.3 Å². The van der Waals surface area contributed by atoms with Crippen LogP contribution in [-0.4, -0.2) is 26.9 Å². The van der Waals surface area contributed by atoms with Crippen LogP contribution >= 0.6 is 11.8 Å². The third-order valence-electron chi connectivity index (χ3n) is 5.45. The second-order valence-corrected chi connectivity index (χ2v) is 8.85. The normalized spacial score (nSPS) is 11.1. The van der Waals surface area contributed by atoms with E-state index >= 15 is 0 Å². The highest BCUT2D eigenvalue weighted by molar-refractivity contribution is 7.98. The van der Waals surface area contributed by atoms with E-state index in [1.54, 1.807) is 35.2 Å². The molecule has 0 aliphatic rings. The topological polar surface area (TPSA) is 96.8 Å². The number of hydrogen-bond donors (Lipinski definition) is 2. The van der Waals surface area contributed by atoms with E-state index in [9.17, 15) is 9.18 Å². The van der Waals surface area contributed by atoms with Crippen LogP contribution in [0.5, 0.6) is 0 Å². The summed E-state index contributed by atoms with van der Waals surface area (Å²) in [7, 11) is 0. The Morgan fingerprint density at radius 1 is 1.18 bits per heavy atom. The standard InChI is InChI=1S/C25H26FN5O2S/c26-20-6-2-1-5-19(20)16-34-23-15-21-24(33-17-30-21)25(32)31(23)14-4-3-7-22(27)29-13-10-18-8-11-28-12-9-18/h1-2,5-6,8-9,11-12,15,17H,3-4,7,10,13-14,16H2,(H2,27,29). The molecule has 3 heterocycles. The molecule has 0 fully saturated rings. The first-order valence-electron chi connectivity index (χ1n) is 11.2. The largest absolute Gasteiger partial charge is 0.438 e. The number of amidine groups is 1. The highest BCUT2D eigenvalue weighted by Crippen LogP contribution is 2.26. The fraction of sp³-hybridized carbons (Fsp3) is 0.280. The highest BCUT2D eigenvalue weighted by atomic mass is 32.2. The van der Waals surface area contributed by atoms with Gasteiger partial charge in [0.05, 0.1) is 10.9 Å². The average molecular weight is 480 g/mol. The van der Waals surface area contributed by atoms with Gasteiger partial charge in [0, 0.05) is 37.7 Å². The smallest absolute Gasteiger partial charge is 0.296 e. The molecular formula is C25H26FN5O2S. The lowest BCUT2D eigenvalue weighted by Crippen LogP contribution is -2.25. The van der Waals surface area contributed by atoms with E-state index < -0.39 is 0 Å². The van der Waals surface area contributed by atoms with Crippen molar-refractivity contribution in [2.45, 2.75) is 43.0 Å². The Morgan fingerprint density at radius 2 is 2.00 bits per heavy atom. The van der Waals surface area contributed by atoms with Crippen molar-refractivity contribution in [1.29, 1.82) is 5.41 Å². The Morgan fingerprint density at radius 3 is 2.82 bits per heavy atom. The van der Waals surface area contributed by atoms with Gasteiger partial charge in [-0.15, -0.1) is 11.8 Å². The van der Waals surface area contributed by atoms with Crippen molar-refractivity contribution in [3.8, 4) is 0 Å². The molecule has 7 nitrogen and oxygen atoms in total. The average Bonchev–Trinajstić information content (AvgIpc) is 3.32. The Balaban J connectivity index is 1.33.